The van der Waals surface area contributed by atoms with Crippen LogP contribution < -0.4 is 10.6 Å². The Kier molecular flexibility index (Phi) is 9.69. The number of rotatable bonds is 9. The van der Waals surface area contributed by atoms with Gasteiger partial charge in [0.2, 0.25) is 11.8 Å². The molecule has 0 saturated carbocycles. The van der Waals surface area contributed by atoms with Crippen LogP contribution in [0.15, 0.2) is 54.6 Å². The molecule has 0 aliphatic carbocycles. The largest absolute Gasteiger partial charge is 0.444 e. The number of hydrogen-bond donors (Lipinski definition) is 2. The van der Waals surface area contributed by atoms with Crippen LogP contribution in [0.4, 0.5) is 4.79 Å². The highest BCUT2D eigenvalue weighted by molar-refractivity contribution is 5.90. The number of benzene rings is 2. The maximum Gasteiger partial charge on any atom is 0.408 e. The first kappa shape index (κ1) is 26.5. The normalized spacial score (nSPS) is 11.6. The van der Waals surface area contributed by atoms with E-state index in [0.717, 1.165) is 5.56 Å². The Balaban J connectivity index is 2.26. The van der Waals surface area contributed by atoms with E-state index in [1.807, 2.05) is 37.3 Å². The molecule has 1 unspecified atom stereocenters. The van der Waals surface area contributed by atoms with E-state index < -0.39 is 23.6 Å². The Morgan fingerprint density at radius 3 is 2.24 bits per heavy atom. The quantitative estimate of drug-likeness (QED) is 0.554. The summed E-state index contributed by atoms with van der Waals surface area (Å²) in [5.41, 5.74) is 1.56. The van der Waals surface area contributed by atoms with Crippen molar-refractivity contribution in [2.75, 3.05) is 13.1 Å². The predicted octanol–water partition coefficient (Wildman–Crippen LogP) is 3.79. The SMILES string of the molecule is C#Cc1ccc(C(C(=O)NCc2ccccc2)N(CCC)C(=O)CNC(=O)OC(C)(C)C)cc1. The van der Waals surface area contributed by atoms with Crippen molar-refractivity contribution in [1.29, 1.82) is 0 Å². The van der Waals surface area contributed by atoms with E-state index in [1.165, 1.54) is 4.90 Å². The summed E-state index contributed by atoms with van der Waals surface area (Å²) in [4.78, 5) is 40.0. The van der Waals surface area contributed by atoms with Crippen molar-refractivity contribution in [2.24, 2.45) is 0 Å². The summed E-state index contributed by atoms with van der Waals surface area (Å²) in [6, 6.07) is 15.6. The minimum absolute atomic E-state index is 0.292. The Labute approximate surface area is 201 Å². The first-order chi connectivity index (χ1) is 16.1. The highest BCUT2D eigenvalue weighted by Gasteiger charge is 2.31. The second kappa shape index (κ2) is 12.4. The molecule has 2 rings (SSSR count). The summed E-state index contributed by atoms with van der Waals surface area (Å²) < 4.78 is 5.21. The molecule has 2 N–H and O–H groups in total. The first-order valence-electron chi connectivity index (χ1n) is 11.3. The van der Waals surface area contributed by atoms with E-state index in [9.17, 15) is 14.4 Å². The van der Waals surface area contributed by atoms with Gasteiger partial charge >= 0.3 is 6.09 Å². The molecule has 1 atom stereocenters. The van der Waals surface area contributed by atoms with Crippen molar-refractivity contribution < 1.29 is 19.1 Å². The van der Waals surface area contributed by atoms with E-state index in [1.54, 1.807) is 45.0 Å². The fourth-order valence-electron chi connectivity index (χ4n) is 3.32. The van der Waals surface area contributed by atoms with Crippen LogP contribution in [0.25, 0.3) is 0 Å². The Hall–Kier alpha value is -3.79. The van der Waals surface area contributed by atoms with Gasteiger partial charge in [0.05, 0.1) is 0 Å². The van der Waals surface area contributed by atoms with Crippen molar-refractivity contribution in [2.45, 2.75) is 52.3 Å². The van der Waals surface area contributed by atoms with E-state index in [0.29, 0.717) is 30.6 Å². The monoisotopic (exact) mass is 463 g/mol. The van der Waals surface area contributed by atoms with Crippen LogP contribution in [0.3, 0.4) is 0 Å². The highest BCUT2D eigenvalue weighted by atomic mass is 16.6. The van der Waals surface area contributed by atoms with Crippen molar-refractivity contribution in [3.05, 3.63) is 71.3 Å². The van der Waals surface area contributed by atoms with Crippen molar-refractivity contribution in [3.8, 4) is 12.3 Å². The van der Waals surface area contributed by atoms with Crippen LogP contribution >= 0.6 is 0 Å². The molecule has 0 fully saturated rings. The molecule has 0 aliphatic heterocycles. The van der Waals surface area contributed by atoms with Crippen LogP contribution in [-0.4, -0.2) is 41.5 Å². The van der Waals surface area contributed by atoms with Gasteiger partial charge in [-0.15, -0.1) is 6.42 Å². The molecule has 0 radical (unpaired) electrons. The highest BCUT2D eigenvalue weighted by Crippen LogP contribution is 2.23. The molecule has 0 aliphatic rings. The summed E-state index contributed by atoms with van der Waals surface area (Å²) in [6.45, 7) is 7.50. The second-order valence-corrected chi connectivity index (χ2v) is 8.81. The number of carbonyl (C=O) groups is 3. The number of ether oxygens (including phenoxy) is 1. The van der Waals surface area contributed by atoms with E-state index >= 15 is 0 Å². The van der Waals surface area contributed by atoms with E-state index in [-0.39, 0.29) is 12.5 Å². The summed E-state index contributed by atoms with van der Waals surface area (Å²) in [7, 11) is 0. The van der Waals surface area contributed by atoms with Crippen LogP contribution in [0.2, 0.25) is 0 Å². The first-order valence-corrected chi connectivity index (χ1v) is 11.3. The maximum absolute atomic E-state index is 13.4. The number of hydrogen-bond acceptors (Lipinski definition) is 4. The number of terminal acetylenes is 1. The zero-order chi connectivity index (χ0) is 25.1. The summed E-state index contributed by atoms with van der Waals surface area (Å²) in [5, 5.41) is 5.42. The summed E-state index contributed by atoms with van der Waals surface area (Å²) >= 11 is 0. The molecule has 7 nitrogen and oxygen atoms in total. The molecule has 0 heterocycles. The van der Waals surface area contributed by atoms with E-state index in [2.05, 4.69) is 16.6 Å². The van der Waals surface area contributed by atoms with Crippen molar-refractivity contribution in [1.82, 2.24) is 15.5 Å². The molecular formula is C27H33N3O4. The van der Waals surface area contributed by atoms with Gasteiger partial charge in [0, 0.05) is 18.7 Å². The van der Waals surface area contributed by atoms with Crippen LogP contribution in [-0.2, 0) is 20.9 Å². The lowest BCUT2D eigenvalue weighted by Gasteiger charge is -2.31. The van der Waals surface area contributed by atoms with Crippen LogP contribution in [0.1, 0.15) is 56.8 Å². The lowest BCUT2D eigenvalue weighted by Crippen LogP contribution is -2.48. The van der Waals surface area contributed by atoms with Gasteiger partial charge in [-0.3, -0.25) is 9.59 Å². The van der Waals surface area contributed by atoms with Gasteiger partial charge in [0.1, 0.15) is 18.2 Å². The molecule has 0 saturated heterocycles. The molecule has 34 heavy (non-hydrogen) atoms. The van der Waals surface area contributed by atoms with Crippen LogP contribution in [0, 0.1) is 12.3 Å². The average molecular weight is 464 g/mol. The topological polar surface area (TPSA) is 87.7 Å². The lowest BCUT2D eigenvalue weighted by atomic mass is 10.0. The van der Waals surface area contributed by atoms with Gasteiger partial charge in [-0.05, 0) is 50.5 Å². The third-order valence-corrected chi connectivity index (χ3v) is 4.83. The smallest absolute Gasteiger partial charge is 0.408 e. The number of alkyl carbamates (subject to hydrolysis) is 1. The molecule has 7 heteroatoms. The molecule has 0 bridgehead atoms. The van der Waals surface area contributed by atoms with Gasteiger partial charge in [-0.2, -0.15) is 0 Å². The Morgan fingerprint density at radius 1 is 1.03 bits per heavy atom. The predicted molar refractivity (Wildman–Crippen MR) is 132 cm³/mol. The zero-order valence-corrected chi connectivity index (χ0v) is 20.3. The molecule has 3 amide bonds. The van der Waals surface area contributed by atoms with Gasteiger partial charge in [0.15, 0.2) is 0 Å². The number of nitrogens with one attached hydrogen (secondary N) is 2. The Bertz CT molecular complexity index is 1000. The fourth-order valence-corrected chi connectivity index (χ4v) is 3.32. The summed E-state index contributed by atoms with van der Waals surface area (Å²) in [6.07, 6.45) is 5.40. The van der Waals surface area contributed by atoms with Gasteiger partial charge in [0.25, 0.3) is 0 Å². The van der Waals surface area contributed by atoms with Gasteiger partial charge in [-0.25, -0.2) is 4.79 Å². The van der Waals surface area contributed by atoms with Crippen LogP contribution in [0.5, 0.6) is 0 Å². The second-order valence-electron chi connectivity index (χ2n) is 8.81. The third-order valence-electron chi connectivity index (χ3n) is 4.83. The molecule has 2 aromatic rings. The lowest BCUT2D eigenvalue weighted by molar-refractivity contribution is -0.140. The third kappa shape index (κ3) is 8.28. The standard InChI is InChI=1S/C27H33N3O4/c1-6-17-30(23(31)19-29-26(33)34-27(3,4)5)24(22-15-13-20(7-2)14-16-22)25(32)28-18-21-11-9-8-10-12-21/h2,8-16,24H,6,17-19H2,1,3-5H3,(H,28,32)(H,29,33). The fraction of sp³-hybridized carbons (Fsp3) is 0.370. The Morgan fingerprint density at radius 2 is 1.68 bits per heavy atom. The minimum Gasteiger partial charge on any atom is -0.444 e. The minimum atomic E-state index is -0.886. The number of carbonyl (C=O) groups excluding carboxylic acids is 3. The summed E-state index contributed by atoms with van der Waals surface area (Å²) in [5.74, 6) is 1.84. The average Bonchev–Trinajstić information content (AvgIpc) is 2.81. The molecule has 0 spiro atoms. The number of nitrogens with zero attached hydrogens (tertiary/aromatic N) is 1. The zero-order valence-electron chi connectivity index (χ0n) is 20.3. The van der Waals surface area contributed by atoms with Gasteiger partial charge < -0.3 is 20.3 Å². The van der Waals surface area contributed by atoms with E-state index in [4.69, 9.17) is 11.2 Å². The molecular weight excluding hydrogens is 430 g/mol. The van der Waals surface area contributed by atoms with Crippen molar-refractivity contribution >= 4 is 17.9 Å². The molecule has 180 valence electrons. The maximum atomic E-state index is 13.4. The van der Waals surface area contributed by atoms with Crippen molar-refractivity contribution in [3.63, 3.8) is 0 Å². The number of amides is 3. The van der Waals surface area contributed by atoms with Gasteiger partial charge in [-0.1, -0.05) is 55.3 Å². The molecule has 0 aromatic heterocycles. The molecule has 2 aromatic carbocycles.